The molecule has 0 aliphatic carbocycles. The van der Waals surface area contributed by atoms with Crippen LogP contribution in [0.25, 0.3) is 0 Å². The van der Waals surface area contributed by atoms with Gasteiger partial charge in [0.15, 0.2) is 0 Å². The molecule has 0 radical (unpaired) electrons. The predicted octanol–water partition coefficient (Wildman–Crippen LogP) is 2.27. The highest BCUT2D eigenvalue weighted by molar-refractivity contribution is 8.00. The van der Waals surface area contributed by atoms with Crippen molar-refractivity contribution in [3.63, 3.8) is 0 Å². The zero-order valence-electron chi connectivity index (χ0n) is 8.10. The largest absolute Gasteiger partial charge is 0.311 e. The van der Waals surface area contributed by atoms with E-state index in [1.54, 1.807) is 0 Å². The van der Waals surface area contributed by atoms with E-state index in [-0.39, 0.29) is 0 Å². The van der Waals surface area contributed by atoms with Gasteiger partial charge in [-0.05, 0) is 51.3 Å². The topological polar surface area (TPSA) is 12.0 Å². The van der Waals surface area contributed by atoms with Crippen LogP contribution in [-0.2, 0) is 0 Å². The van der Waals surface area contributed by atoms with E-state index in [9.17, 15) is 0 Å². The first-order valence-electron chi connectivity index (χ1n) is 5.04. The van der Waals surface area contributed by atoms with Gasteiger partial charge in [-0.25, -0.2) is 0 Å². The van der Waals surface area contributed by atoms with Crippen molar-refractivity contribution in [2.24, 2.45) is 5.92 Å². The monoisotopic (exact) mass is 185 g/mol. The van der Waals surface area contributed by atoms with E-state index in [1.165, 1.54) is 31.6 Å². The first-order valence-corrected chi connectivity index (χ1v) is 6.09. The van der Waals surface area contributed by atoms with Gasteiger partial charge in [0.1, 0.15) is 0 Å². The lowest BCUT2D eigenvalue weighted by Gasteiger charge is -2.19. The lowest BCUT2D eigenvalue weighted by atomic mass is 9.93. The molecule has 1 nitrogen and oxygen atoms in total. The number of rotatable bonds is 1. The second-order valence-electron chi connectivity index (χ2n) is 4.78. The smallest absolute Gasteiger partial charge is 0.0128 e. The van der Waals surface area contributed by atoms with E-state index < -0.39 is 0 Å². The van der Waals surface area contributed by atoms with E-state index in [0.717, 1.165) is 11.2 Å². The Kier molecular flexibility index (Phi) is 2.39. The molecule has 0 aromatic rings. The van der Waals surface area contributed by atoms with Gasteiger partial charge < -0.3 is 5.32 Å². The van der Waals surface area contributed by atoms with Crippen LogP contribution in [0.4, 0.5) is 0 Å². The molecule has 2 saturated heterocycles. The number of hydrogen-bond acceptors (Lipinski definition) is 2. The molecule has 2 heterocycles. The van der Waals surface area contributed by atoms with Gasteiger partial charge in [0, 0.05) is 10.8 Å². The van der Waals surface area contributed by atoms with E-state index >= 15 is 0 Å². The molecule has 0 aromatic carbocycles. The Morgan fingerprint density at radius 3 is 2.75 bits per heavy atom. The Morgan fingerprint density at radius 1 is 1.42 bits per heavy atom. The van der Waals surface area contributed by atoms with Gasteiger partial charge in [0.2, 0.25) is 0 Å². The second-order valence-corrected chi connectivity index (χ2v) is 6.13. The Labute approximate surface area is 79.7 Å². The second kappa shape index (κ2) is 3.22. The Balaban J connectivity index is 1.90. The maximum atomic E-state index is 3.61. The molecule has 2 fully saturated rings. The first kappa shape index (κ1) is 8.89. The first-order chi connectivity index (χ1) is 5.67. The number of thioether (sulfide) groups is 1. The van der Waals surface area contributed by atoms with Gasteiger partial charge in [-0.3, -0.25) is 0 Å². The molecule has 2 heteroatoms. The predicted molar refractivity (Wildman–Crippen MR) is 55.7 cm³/mol. The minimum atomic E-state index is 0.411. The van der Waals surface area contributed by atoms with Crippen LogP contribution in [0.2, 0.25) is 0 Å². The van der Waals surface area contributed by atoms with Gasteiger partial charge in [-0.1, -0.05) is 0 Å². The van der Waals surface area contributed by atoms with Gasteiger partial charge in [-0.15, -0.1) is 0 Å². The van der Waals surface area contributed by atoms with Gasteiger partial charge in [-0.2, -0.15) is 11.8 Å². The van der Waals surface area contributed by atoms with Crippen molar-refractivity contribution in [2.45, 2.75) is 43.9 Å². The van der Waals surface area contributed by atoms with Crippen molar-refractivity contribution in [2.75, 3.05) is 12.3 Å². The average Bonchev–Trinajstić information content (AvgIpc) is 2.55. The summed E-state index contributed by atoms with van der Waals surface area (Å²) < 4.78 is 0. The van der Waals surface area contributed by atoms with Crippen LogP contribution in [0, 0.1) is 5.92 Å². The third-order valence-electron chi connectivity index (χ3n) is 3.11. The quantitative estimate of drug-likeness (QED) is 0.672. The summed E-state index contributed by atoms with van der Waals surface area (Å²) in [4.78, 5) is 0. The van der Waals surface area contributed by atoms with Crippen LogP contribution in [0.15, 0.2) is 0 Å². The third-order valence-corrected chi connectivity index (χ3v) is 4.68. The maximum absolute atomic E-state index is 3.61. The fourth-order valence-corrected chi connectivity index (χ4v) is 3.88. The highest BCUT2D eigenvalue weighted by Crippen LogP contribution is 2.38. The molecular weight excluding hydrogens is 166 g/mol. The van der Waals surface area contributed by atoms with Gasteiger partial charge in [0.25, 0.3) is 0 Å². The standard InChI is InChI=1S/C10H19NS/c1-10(2)6-8(7-11-10)9-4-3-5-12-9/h8-9,11H,3-7H2,1-2H3. The maximum Gasteiger partial charge on any atom is 0.0128 e. The minimum absolute atomic E-state index is 0.411. The number of hydrogen-bond donors (Lipinski definition) is 1. The van der Waals surface area contributed by atoms with Gasteiger partial charge >= 0.3 is 0 Å². The zero-order valence-corrected chi connectivity index (χ0v) is 8.91. The molecular formula is C10H19NS. The summed E-state index contributed by atoms with van der Waals surface area (Å²) in [7, 11) is 0. The summed E-state index contributed by atoms with van der Waals surface area (Å²) in [6.07, 6.45) is 4.30. The van der Waals surface area contributed by atoms with Gasteiger partial charge in [0.05, 0.1) is 0 Å². The summed E-state index contributed by atoms with van der Waals surface area (Å²) in [5.41, 5.74) is 0.411. The molecule has 1 N–H and O–H groups in total. The van der Waals surface area contributed by atoms with Crippen LogP contribution in [0.1, 0.15) is 33.1 Å². The molecule has 2 rings (SSSR count). The van der Waals surface area contributed by atoms with Crippen molar-refractivity contribution in [3.05, 3.63) is 0 Å². The van der Waals surface area contributed by atoms with Crippen molar-refractivity contribution < 1.29 is 0 Å². The van der Waals surface area contributed by atoms with Crippen molar-refractivity contribution in [1.29, 1.82) is 0 Å². The van der Waals surface area contributed by atoms with Crippen LogP contribution >= 0.6 is 11.8 Å². The molecule has 2 aliphatic rings. The van der Waals surface area contributed by atoms with Crippen LogP contribution in [-0.4, -0.2) is 23.1 Å². The highest BCUT2D eigenvalue weighted by atomic mass is 32.2. The SMILES string of the molecule is CC1(C)CC(C2CCCS2)CN1. The molecule has 2 atom stereocenters. The zero-order chi connectivity index (χ0) is 8.60. The molecule has 70 valence electrons. The van der Waals surface area contributed by atoms with E-state index in [1.807, 2.05) is 0 Å². The normalized spacial score (nSPS) is 40.5. The highest BCUT2D eigenvalue weighted by Gasteiger charge is 2.36. The summed E-state index contributed by atoms with van der Waals surface area (Å²) in [5, 5.41) is 4.58. The van der Waals surface area contributed by atoms with E-state index in [4.69, 9.17) is 0 Å². The van der Waals surface area contributed by atoms with Crippen LogP contribution < -0.4 is 5.32 Å². The lowest BCUT2D eigenvalue weighted by Crippen LogP contribution is -2.31. The summed E-state index contributed by atoms with van der Waals surface area (Å²) in [5.74, 6) is 2.36. The fourth-order valence-electron chi connectivity index (χ4n) is 2.44. The summed E-state index contributed by atoms with van der Waals surface area (Å²) in [6, 6.07) is 0. The van der Waals surface area contributed by atoms with Crippen LogP contribution in [0.3, 0.4) is 0 Å². The summed E-state index contributed by atoms with van der Waals surface area (Å²) in [6.45, 7) is 5.91. The Bertz CT molecular complexity index is 161. The molecule has 2 aliphatic heterocycles. The lowest BCUT2D eigenvalue weighted by molar-refractivity contribution is 0.435. The minimum Gasteiger partial charge on any atom is -0.311 e. The van der Waals surface area contributed by atoms with E-state index in [0.29, 0.717) is 5.54 Å². The van der Waals surface area contributed by atoms with Crippen LogP contribution in [0.5, 0.6) is 0 Å². The van der Waals surface area contributed by atoms with E-state index in [2.05, 4.69) is 30.9 Å². The molecule has 0 saturated carbocycles. The van der Waals surface area contributed by atoms with Crippen molar-refractivity contribution in [1.82, 2.24) is 5.32 Å². The van der Waals surface area contributed by atoms with Crippen molar-refractivity contribution >= 4 is 11.8 Å². The Hall–Kier alpha value is 0.310. The molecule has 0 spiro atoms. The molecule has 2 unspecified atom stereocenters. The summed E-state index contributed by atoms with van der Waals surface area (Å²) >= 11 is 2.20. The average molecular weight is 185 g/mol. The molecule has 0 aromatic heterocycles. The fraction of sp³-hybridized carbons (Fsp3) is 1.00. The number of nitrogens with one attached hydrogen (secondary N) is 1. The third kappa shape index (κ3) is 1.80. The van der Waals surface area contributed by atoms with Crippen molar-refractivity contribution in [3.8, 4) is 0 Å². The molecule has 0 bridgehead atoms. The molecule has 0 amide bonds. The Morgan fingerprint density at radius 2 is 2.25 bits per heavy atom. The molecule has 12 heavy (non-hydrogen) atoms.